The molecule has 248 valence electrons. The summed E-state index contributed by atoms with van der Waals surface area (Å²) in [7, 11) is 2.78. The number of aromatic nitrogens is 4. The fraction of sp³-hybridized carbons (Fsp3) is 0.483. The molecule has 1 aromatic heterocycles. The van der Waals surface area contributed by atoms with Crippen LogP contribution in [-0.2, 0) is 17.1 Å². The van der Waals surface area contributed by atoms with Crippen molar-refractivity contribution in [3.05, 3.63) is 70.3 Å². The molecule has 2 aromatic carbocycles. The topological polar surface area (TPSA) is 87.5 Å². The van der Waals surface area contributed by atoms with Gasteiger partial charge in [-0.2, -0.15) is 26.3 Å². The molecule has 0 spiro atoms. The highest BCUT2D eigenvalue weighted by Crippen LogP contribution is 2.39. The predicted molar refractivity (Wildman–Crippen MR) is 151 cm³/mol. The van der Waals surface area contributed by atoms with Crippen LogP contribution < -0.4 is 4.90 Å². The van der Waals surface area contributed by atoms with E-state index in [9.17, 15) is 40.3 Å². The van der Waals surface area contributed by atoms with Crippen LogP contribution in [0.2, 0.25) is 5.02 Å². The van der Waals surface area contributed by atoms with Crippen molar-refractivity contribution in [2.45, 2.75) is 56.0 Å². The monoisotopic (exact) mass is 675 g/mol. The molecular weight excluding hydrogens is 647 g/mol. The lowest BCUT2D eigenvalue weighted by molar-refractivity contribution is -0.149. The van der Waals surface area contributed by atoms with Gasteiger partial charge in [-0.1, -0.05) is 23.7 Å². The van der Waals surface area contributed by atoms with Gasteiger partial charge in [0.05, 0.1) is 17.6 Å². The van der Waals surface area contributed by atoms with E-state index >= 15 is 0 Å². The zero-order valence-corrected chi connectivity index (χ0v) is 25.3. The van der Waals surface area contributed by atoms with E-state index in [4.69, 9.17) is 11.6 Å². The molecule has 3 aromatic rings. The predicted octanol–water partition coefficient (Wildman–Crippen LogP) is 6.42. The summed E-state index contributed by atoms with van der Waals surface area (Å²) in [5.41, 5.74) is -0.467. The summed E-state index contributed by atoms with van der Waals surface area (Å²) in [5, 5.41) is 9.57. The lowest BCUT2D eigenvalue weighted by Gasteiger charge is -2.33. The number of amides is 3. The van der Waals surface area contributed by atoms with Crippen LogP contribution in [0.4, 0.5) is 41.2 Å². The molecule has 1 saturated heterocycles. The Balaban J connectivity index is 1.33. The largest absolute Gasteiger partial charge is 0.453 e. The third-order valence-corrected chi connectivity index (χ3v) is 8.94. The Labute approximate surface area is 263 Å². The Hall–Kier alpha value is -3.95. The minimum atomic E-state index is -4.72. The van der Waals surface area contributed by atoms with Crippen molar-refractivity contribution >= 4 is 29.2 Å². The van der Waals surface area contributed by atoms with Gasteiger partial charge in [0.15, 0.2) is 0 Å². The van der Waals surface area contributed by atoms with Gasteiger partial charge in [-0.15, -0.1) is 5.10 Å². The molecule has 2 aliphatic rings. The number of hydrogen-bond donors (Lipinski definition) is 0. The van der Waals surface area contributed by atoms with Crippen LogP contribution in [0.5, 0.6) is 0 Å². The molecule has 2 fully saturated rings. The minimum Gasteiger partial charge on any atom is -0.340 e. The number of rotatable bonds is 5. The summed E-state index contributed by atoms with van der Waals surface area (Å²) >= 11 is 5.93. The molecule has 2 heterocycles. The summed E-state index contributed by atoms with van der Waals surface area (Å²) in [5.74, 6) is -2.88. The molecular formula is C29H29ClF7N7O2. The number of likely N-dealkylation sites (N-methyl/N-ethyl adjacent to an activating group) is 1. The molecule has 17 heteroatoms. The average molecular weight is 676 g/mol. The number of halogens is 8. The zero-order valence-electron chi connectivity index (χ0n) is 24.6. The van der Waals surface area contributed by atoms with Crippen molar-refractivity contribution < 1.29 is 40.3 Å². The normalized spacial score (nSPS) is 22.2. The first-order chi connectivity index (χ1) is 21.5. The summed E-state index contributed by atoms with van der Waals surface area (Å²) in [6, 6.07) is 6.46. The van der Waals surface area contributed by atoms with Crippen molar-refractivity contribution in [2.24, 2.45) is 5.92 Å². The number of nitrogens with zero attached hydrogens (tertiary/aromatic N) is 7. The van der Waals surface area contributed by atoms with Crippen molar-refractivity contribution in [1.82, 2.24) is 30.0 Å². The van der Waals surface area contributed by atoms with Gasteiger partial charge < -0.3 is 9.80 Å². The number of anilines is 1. The highest BCUT2D eigenvalue weighted by Gasteiger charge is 2.44. The third kappa shape index (κ3) is 6.90. The molecule has 1 aliphatic heterocycles. The van der Waals surface area contributed by atoms with Gasteiger partial charge in [-0.25, -0.2) is 13.9 Å². The number of benzene rings is 2. The molecule has 1 aliphatic carbocycles. The number of alkyl halides is 6. The summed E-state index contributed by atoms with van der Waals surface area (Å²) in [6.45, 7) is 0.239. The van der Waals surface area contributed by atoms with Gasteiger partial charge in [-0.05, 0) is 72.0 Å². The Kier molecular flexibility index (Phi) is 9.21. The highest BCUT2D eigenvalue weighted by molar-refractivity contribution is 6.31. The maximum Gasteiger partial charge on any atom is 0.453 e. The lowest BCUT2D eigenvalue weighted by atomic mass is 9.85. The van der Waals surface area contributed by atoms with E-state index in [-0.39, 0.29) is 55.4 Å². The van der Waals surface area contributed by atoms with Crippen LogP contribution in [0.15, 0.2) is 42.5 Å². The van der Waals surface area contributed by atoms with Crippen molar-refractivity contribution in [1.29, 1.82) is 0 Å². The number of carbonyl (C=O) groups excluding carboxylic acids is 2. The first-order valence-corrected chi connectivity index (χ1v) is 14.7. The van der Waals surface area contributed by atoms with E-state index in [0.29, 0.717) is 5.56 Å². The van der Waals surface area contributed by atoms with Crippen LogP contribution in [0.1, 0.15) is 54.6 Å². The average Bonchev–Trinajstić information content (AvgIpc) is 3.68. The first kappa shape index (κ1) is 33.4. The van der Waals surface area contributed by atoms with Gasteiger partial charge in [0, 0.05) is 49.7 Å². The number of likely N-dealkylation sites (tertiary alicyclic amines) is 1. The molecule has 1 saturated carbocycles. The Morgan fingerprint density at radius 2 is 1.57 bits per heavy atom. The Bertz CT molecular complexity index is 1570. The van der Waals surface area contributed by atoms with Gasteiger partial charge in [0.1, 0.15) is 5.82 Å². The van der Waals surface area contributed by atoms with E-state index < -0.39 is 59.5 Å². The minimum absolute atomic E-state index is 0.0749. The van der Waals surface area contributed by atoms with Gasteiger partial charge in [0.25, 0.3) is 5.82 Å². The molecule has 5 rings (SSSR count). The van der Waals surface area contributed by atoms with Crippen LogP contribution in [0, 0.1) is 11.7 Å². The second kappa shape index (κ2) is 12.7. The van der Waals surface area contributed by atoms with Crippen LogP contribution in [-0.4, -0.2) is 75.2 Å². The number of urea groups is 1. The van der Waals surface area contributed by atoms with E-state index in [2.05, 4.69) is 15.5 Å². The van der Waals surface area contributed by atoms with Gasteiger partial charge >= 0.3 is 18.4 Å². The molecule has 0 bridgehead atoms. The SMILES string of the molecule is CN(C(=O)N(C)[C@@H]1CN(C(=O)C2CCC(n3nnnc3C(F)(F)F)CC2)C[C@H]1c1ccc(F)cc1)c1cc(Cl)cc(C(F)(F)F)c1. The van der Waals surface area contributed by atoms with Crippen molar-refractivity contribution in [2.75, 3.05) is 32.1 Å². The Morgan fingerprint density at radius 1 is 0.913 bits per heavy atom. The fourth-order valence-electron chi connectivity index (χ4n) is 6.27. The molecule has 3 amide bonds. The third-order valence-electron chi connectivity index (χ3n) is 8.72. The number of carbonyl (C=O) groups is 2. The van der Waals surface area contributed by atoms with Crippen LogP contribution >= 0.6 is 11.6 Å². The number of tetrazole rings is 1. The van der Waals surface area contributed by atoms with E-state index in [1.807, 2.05) is 0 Å². The van der Waals surface area contributed by atoms with E-state index in [1.54, 1.807) is 17.0 Å². The molecule has 9 nitrogen and oxygen atoms in total. The van der Waals surface area contributed by atoms with E-state index in [1.165, 1.54) is 37.2 Å². The van der Waals surface area contributed by atoms with Crippen LogP contribution in [0.3, 0.4) is 0 Å². The van der Waals surface area contributed by atoms with Crippen molar-refractivity contribution in [3.63, 3.8) is 0 Å². The zero-order chi connectivity index (χ0) is 33.6. The van der Waals surface area contributed by atoms with E-state index in [0.717, 1.165) is 21.7 Å². The maximum atomic E-state index is 13.8. The standard InChI is InChI=1S/C29H29ClF7N7O2/c1-41(22-12-18(28(32,33)34)11-19(30)13-22)27(46)42(2)24-15-43(14-23(24)16-3-7-20(31)8-4-16)25(45)17-5-9-21(10-6-17)44-26(29(35,36)37)38-39-40-44/h3-4,7-8,11-13,17,21,23-24H,5-6,9-10,14-15H2,1-2H3/t17?,21?,23-,24+/m0/s1. The summed E-state index contributed by atoms with van der Waals surface area (Å²) in [6.07, 6.45) is -8.35. The molecule has 2 atom stereocenters. The molecule has 0 radical (unpaired) electrons. The maximum absolute atomic E-state index is 13.8. The first-order valence-electron chi connectivity index (χ1n) is 14.3. The van der Waals surface area contributed by atoms with Crippen LogP contribution in [0.25, 0.3) is 0 Å². The molecule has 46 heavy (non-hydrogen) atoms. The molecule has 0 unspecified atom stereocenters. The summed E-state index contributed by atoms with van der Waals surface area (Å²) in [4.78, 5) is 31.3. The number of hydrogen-bond acceptors (Lipinski definition) is 5. The second-order valence-electron chi connectivity index (χ2n) is 11.6. The quantitative estimate of drug-likeness (QED) is 0.292. The second-order valence-corrected chi connectivity index (χ2v) is 12.0. The van der Waals surface area contributed by atoms with Crippen molar-refractivity contribution in [3.8, 4) is 0 Å². The highest BCUT2D eigenvalue weighted by atomic mass is 35.5. The Morgan fingerprint density at radius 3 is 2.17 bits per heavy atom. The van der Waals surface area contributed by atoms with Gasteiger partial charge in [-0.3, -0.25) is 9.69 Å². The fourth-order valence-corrected chi connectivity index (χ4v) is 6.50. The molecule has 0 N–H and O–H groups in total. The lowest BCUT2D eigenvalue weighted by Crippen LogP contribution is -2.48. The smallest absolute Gasteiger partial charge is 0.340 e. The summed E-state index contributed by atoms with van der Waals surface area (Å²) < 4.78 is 94.7. The van der Waals surface area contributed by atoms with Gasteiger partial charge in [0.2, 0.25) is 5.91 Å².